The lowest BCUT2D eigenvalue weighted by atomic mass is 10.3. The number of nitrogens with one attached hydrogen (secondary N) is 1. The largest absolute Gasteiger partial charge is 0.467 e. The molecule has 118 valence electrons. The zero-order valence-corrected chi connectivity index (χ0v) is 14.6. The van der Waals surface area contributed by atoms with Gasteiger partial charge < -0.3 is 19.1 Å². The number of hydrogen-bond donors (Lipinski definition) is 1. The highest BCUT2D eigenvalue weighted by molar-refractivity contribution is 9.10. The van der Waals surface area contributed by atoms with Crippen LogP contribution in [-0.2, 0) is 13.1 Å². The van der Waals surface area contributed by atoms with Gasteiger partial charge in [-0.1, -0.05) is 22.0 Å². The quantitative estimate of drug-likeness (QED) is 0.618. The Morgan fingerprint density at radius 2 is 1.65 bits per heavy atom. The molecule has 0 radical (unpaired) electrons. The molecule has 6 heteroatoms. The number of nitrogens with zero attached hydrogens (tertiary/aromatic N) is 1. The zero-order valence-electron chi connectivity index (χ0n) is 12.2. The summed E-state index contributed by atoms with van der Waals surface area (Å²) in [5.41, 5.74) is 0.924. The highest BCUT2D eigenvalue weighted by atomic mass is 79.9. The van der Waals surface area contributed by atoms with Crippen molar-refractivity contribution >= 4 is 38.9 Å². The lowest BCUT2D eigenvalue weighted by molar-refractivity contribution is 0.329. The molecule has 0 bridgehead atoms. The number of furan rings is 2. The lowest BCUT2D eigenvalue weighted by Crippen LogP contribution is -2.33. The first-order valence-corrected chi connectivity index (χ1v) is 8.27. The van der Waals surface area contributed by atoms with Crippen LogP contribution in [0.25, 0.3) is 0 Å². The molecule has 2 heterocycles. The van der Waals surface area contributed by atoms with Crippen LogP contribution in [0.4, 0.5) is 5.69 Å². The number of rotatable bonds is 5. The van der Waals surface area contributed by atoms with Crippen molar-refractivity contribution in [2.24, 2.45) is 0 Å². The molecule has 0 unspecified atom stereocenters. The molecule has 0 aliphatic carbocycles. The molecule has 4 nitrogen and oxygen atoms in total. The van der Waals surface area contributed by atoms with Crippen LogP contribution in [0, 0.1) is 0 Å². The highest BCUT2D eigenvalue weighted by Gasteiger charge is 2.14. The van der Waals surface area contributed by atoms with E-state index in [4.69, 9.17) is 21.1 Å². The fourth-order valence-electron chi connectivity index (χ4n) is 2.15. The first-order chi connectivity index (χ1) is 11.2. The molecule has 0 aliphatic heterocycles. The fraction of sp³-hybridized carbons (Fsp3) is 0.118. The van der Waals surface area contributed by atoms with Gasteiger partial charge in [0.15, 0.2) is 5.11 Å². The van der Waals surface area contributed by atoms with Crippen LogP contribution in [-0.4, -0.2) is 10.0 Å². The van der Waals surface area contributed by atoms with Gasteiger partial charge in [-0.2, -0.15) is 0 Å². The van der Waals surface area contributed by atoms with Crippen LogP contribution < -0.4 is 5.32 Å². The molecule has 0 amide bonds. The fourth-order valence-corrected chi connectivity index (χ4v) is 2.80. The third-order valence-electron chi connectivity index (χ3n) is 3.22. The van der Waals surface area contributed by atoms with E-state index in [1.807, 2.05) is 53.4 Å². The maximum absolute atomic E-state index is 5.56. The van der Waals surface area contributed by atoms with E-state index in [2.05, 4.69) is 21.2 Å². The topological polar surface area (TPSA) is 41.5 Å². The van der Waals surface area contributed by atoms with E-state index < -0.39 is 0 Å². The Bertz CT molecular complexity index is 721. The lowest BCUT2D eigenvalue weighted by Gasteiger charge is -2.24. The van der Waals surface area contributed by atoms with Crippen molar-refractivity contribution in [3.63, 3.8) is 0 Å². The summed E-state index contributed by atoms with van der Waals surface area (Å²) in [5, 5.41) is 3.86. The Kier molecular flexibility index (Phi) is 5.15. The highest BCUT2D eigenvalue weighted by Crippen LogP contribution is 2.18. The molecule has 0 fully saturated rings. The van der Waals surface area contributed by atoms with Crippen LogP contribution in [0.15, 0.2) is 74.4 Å². The second kappa shape index (κ2) is 7.48. The Hall–Kier alpha value is -2.05. The molecular formula is C17H15BrN2O2S. The molecule has 0 spiro atoms. The maximum Gasteiger partial charge on any atom is 0.174 e. The minimum Gasteiger partial charge on any atom is -0.467 e. The first kappa shape index (κ1) is 15.8. The van der Waals surface area contributed by atoms with Gasteiger partial charge in [0.2, 0.25) is 0 Å². The van der Waals surface area contributed by atoms with Gasteiger partial charge in [0.1, 0.15) is 11.5 Å². The number of anilines is 1. The molecule has 0 saturated heterocycles. The van der Waals surface area contributed by atoms with E-state index in [1.54, 1.807) is 12.5 Å². The van der Waals surface area contributed by atoms with Gasteiger partial charge in [0, 0.05) is 10.2 Å². The molecule has 3 aromatic rings. The summed E-state index contributed by atoms with van der Waals surface area (Å²) in [5.74, 6) is 1.69. The molecule has 3 rings (SSSR count). The molecule has 1 N–H and O–H groups in total. The number of hydrogen-bond acceptors (Lipinski definition) is 3. The van der Waals surface area contributed by atoms with Gasteiger partial charge in [-0.15, -0.1) is 0 Å². The summed E-state index contributed by atoms with van der Waals surface area (Å²) in [6, 6.07) is 15.5. The van der Waals surface area contributed by atoms with Gasteiger partial charge in [-0.25, -0.2) is 0 Å². The van der Waals surface area contributed by atoms with Crippen LogP contribution in [0.1, 0.15) is 11.5 Å². The summed E-state index contributed by atoms with van der Waals surface area (Å²) in [7, 11) is 0. The van der Waals surface area contributed by atoms with Crippen molar-refractivity contribution in [1.82, 2.24) is 4.90 Å². The van der Waals surface area contributed by atoms with Crippen LogP contribution >= 0.6 is 28.1 Å². The van der Waals surface area contributed by atoms with Crippen molar-refractivity contribution in [3.8, 4) is 0 Å². The van der Waals surface area contributed by atoms with Crippen molar-refractivity contribution in [3.05, 3.63) is 77.1 Å². The van der Waals surface area contributed by atoms with Crippen LogP contribution in [0.2, 0.25) is 0 Å². The monoisotopic (exact) mass is 390 g/mol. The number of halogens is 1. The minimum absolute atomic E-state index is 0.563. The number of benzene rings is 1. The molecular weight excluding hydrogens is 376 g/mol. The van der Waals surface area contributed by atoms with E-state index in [-0.39, 0.29) is 0 Å². The van der Waals surface area contributed by atoms with Gasteiger partial charge in [0.25, 0.3) is 0 Å². The van der Waals surface area contributed by atoms with E-state index in [9.17, 15) is 0 Å². The standard InChI is InChI=1S/C17H15BrN2O2S/c18-13-4-1-5-14(10-13)19-17(23)20(11-15-6-2-8-21-15)12-16-7-3-9-22-16/h1-10H,11-12H2,(H,19,23). The van der Waals surface area contributed by atoms with Crippen LogP contribution in [0.3, 0.4) is 0 Å². The molecule has 0 aliphatic rings. The second-order valence-electron chi connectivity index (χ2n) is 4.96. The Labute approximate surface area is 148 Å². The van der Waals surface area contributed by atoms with Crippen molar-refractivity contribution in [2.45, 2.75) is 13.1 Å². The average Bonchev–Trinajstić information content (AvgIpc) is 3.20. The van der Waals surface area contributed by atoms with Gasteiger partial charge >= 0.3 is 0 Å². The smallest absolute Gasteiger partial charge is 0.174 e. The van der Waals surface area contributed by atoms with Gasteiger partial charge in [-0.05, 0) is 54.7 Å². The average molecular weight is 391 g/mol. The molecule has 0 saturated carbocycles. The maximum atomic E-state index is 5.56. The molecule has 23 heavy (non-hydrogen) atoms. The summed E-state index contributed by atoms with van der Waals surface area (Å²) in [6.45, 7) is 1.13. The predicted molar refractivity (Wildman–Crippen MR) is 97.0 cm³/mol. The summed E-state index contributed by atoms with van der Waals surface area (Å²) in [6.07, 6.45) is 3.32. The van der Waals surface area contributed by atoms with Crippen molar-refractivity contribution in [1.29, 1.82) is 0 Å². The summed E-state index contributed by atoms with van der Waals surface area (Å²) >= 11 is 9.02. The van der Waals surface area contributed by atoms with E-state index in [0.29, 0.717) is 18.2 Å². The molecule has 2 aromatic heterocycles. The normalized spacial score (nSPS) is 10.5. The van der Waals surface area contributed by atoms with Gasteiger partial charge in [-0.3, -0.25) is 0 Å². The Balaban J connectivity index is 1.74. The van der Waals surface area contributed by atoms with E-state index in [0.717, 1.165) is 21.7 Å². The van der Waals surface area contributed by atoms with Crippen LogP contribution in [0.5, 0.6) is 0 Å². The third-order valence-corrected chi connectivity index (χ3v) is 4.07. The second-order valence-corrected chi connectivity index (χ2v) is 6.26. The van der Waals surface area contributed by atoms with Gasteiger partial charge in [0.05, 0.1) is 25.6 Å². The van der Waals surface area contributed by atoms with E-state index in [1.165, 1.54) is 0 Å². The minimum atomic E-state index is 0.563. The first-order valence-electron chi connectivity index (χ1n) is 7.07. The zero-order chi connectivity index (χ0) is 16.1. The van der Waals surface area contributed by atoms with E-state index >= 15 is 0 Å². The Morgan fingerprint density at radius 3 is 2.17 bits per heavy atom. The third kappa shape index (κ3) is 4.46. The SMILES string of the molecule is S=C(Nc1cccc(Br)c1)N(Cc1ccco1)Cc1ccco1. The number of thiocarbonyl (C=S) groups is 1. The molecule has 1 aromatic carbocycles. The molecule has 0 atom stereocenters. The van der Waals surface area contributed by atoms with Crippen molar-refractivity contribution in [2.75, 3.05) is 5.32 Å². The van der Waals surface area contributed by atoms with Crippen molar-refractivity contribution < 1.29 is 8.83 Å². The Morgan fingerprint density at radius 1 is 1.00 bits per heavy atom. The summed E-state index contributed by atoms with van der Waals surface area (Å²) < 4.78 is 11.9. The summed E-state index contributed by atoms with van der Waals surface area (Å²) in [4.78, 5) is 1.99. The predicted octanol–water partition coefficient (Wildman–Crippen LogP) is 5.03.